The highest BCUT2D eigenvalue weighted by Crippen LogP contribution is 2.21. The first-order chi connectivity index (χ1) is 8.20. The number of nitrogens with zero attached hydrogens (tertiary/aromatic N) is 4. The van der Waals surface area contributed by atoms with Crippen molar-refractivity contribution in [2.45, 2.75) is 25.4 Å². The van der Waals surface area contributed by atoms with E-state index in [1.807, 2.05) is 7.05 Å². The van der Waals surface area contributed by atoms with Crippen molar-refractivity contribution in [3.63, 3.8) is 0 Å². The van der Waals surface area contributed by atoms with Crippen molar-refractivity contribution in [2.75, 3.05) is 39.5 Å². The molecule has 1 unspecified atom stereocenters. The molecule has 1 aromatic heterocycles. The molecule has 17 heavy (non-hydrogen) atoms. The molecule has 96 valence electrons. The number of hydrogen-bond acceptors (Lipinski definition) is 6. The Bertz CT molecular complexity index is 353. The molecule has 0 radical (unpaired) electrons. The minimum absolute atomic E-state index is 0.639. The van der Waals surface area contributed by atoms with Crippen molar-refractivity contribution in [1.82, 2.24) is 19.4 Å². The van der Waals surface area contributed by atoms with Gasteiger partial charge in [-0.1, -0.05) is 4.49 Å². The molecule has 0 aromatic carbocycles. The number of likely N-dealkylation sites (N-methyl/N-ethyl adjacent to an activating group) is 2. The SMILES string of the molecule is CNc1snnc1CN(C)C1CCCN(C)C1. The predicted molar refractivity (Wildman–Crippen MR) is 71.4 cm³/mol. The van der Waals surface area contributed by atoms with Gasteiger partial charge in [0.05, 0.1) is 0 Å². The Morgan fingerprint density at radius 2 is 2.41 bits per heavy atom. The molecule has 1 atom stereocenters. The first kappa shape index (κ1) is 12.7. The summed E-state index contributed by atoms with van der Waals surface area (Å²) in [4.78, 5) is 4.80. The first-order valence-corrected chi connectivity index (χ1v) is 6.86. The smallest absolute Gasteiger partial charge is 0.134 e. The summed E-state index contributed by atoms with van der Waals surface area (Å²) < 4.78 is 4.00. The molecule has 1 aliphatic rings. The average Bonchev–Trinajstić information content (AvgIpc) is 2.76. The molecule has 0 aliphatic carbocycles. The van der Waals surface area contributed by atoms with E-state index in [2.05, 4.69) is 38.8 Å². The quantitative estimate of drug-likeness (QED) is 0.873. The number of nitrogens with one attached hydrogen (secondary N) is 1. The summed E-state index contributed by atoms with van der Waals surface area (Å²) in [6.45, 7) is 3.26. The summed E-state index contributed by atoms with van der Waals surface area (Å²) in [5, 5.41) is 8.42. The fourth-order valence-corrected chi connectivity index (χ4v) is 2.89. The molecule has 6 heteroatoms. The van der Waals surface area contributed by atoms with Gasteiger partial charge in [0, 0.05) is 37.7 Å². The second kappa shape index (κ2) is 5.75. The van der Waals surface area contributed by atoms with Crippen molar-refractivity contribution >= 4 is 16.5 Å². The van der Waals surface area contributed by atoms with E-state index in [1.54, 1.807) is 0 Å². The molecular weight excluding hydrogens is 234 g/mol. The third kappa shape index (κ3) is 3.14. The Morgan fingerprint density at radius 3 is 3.12 bits per heavy atom. The van der Waals surface area contributed by atoms with E-state index in [9.17, 15) is 0 Å². The Labute approximate surface area is 107 Å². The fraction of sp³-hybridized carbons (Fsp3) is 0.818. The highest BCUT2D eigenvalue weighted by atomic mass is 32.1. The van der Waals surface area contributed by atoms with Crippen LogP contribution in [0.3, 0.4) is 0 Å². The van der Waals surface area contributed by atoms with Crippen LogP contribution in [0.1, 0.15) is 18.5 Å². The van der Waals surface area contributed by atoms with Crippen LogP contribution in [0.4, 0.5) is 5.00 Å². The molecule has 0 saturated carbocycles. The monoisotopic (exact) mass is 255 g/mol. The van der Waals surface area contributed by atoms with Crippen LogP contribution in [0, 0.1) is 0 Å². The highest BCUT2D eigenvalue weighted by molar-refractivity contribution is 7.10. The number of rotatable bonds is 4. The molecule has 2 heterocycles. The lowest BCUT2D eigenvalue weighted by Gasteiger charge is -2.35. The van der Waals surface area contributed by atoms with Gasteiger partial charge in [-0.25, -0.2) is 0 Å². The van der Waals surface area contributed by atoms with Crippen LogP contribution < -0.4 is 5.32 Å². The normalized spacial score (nSPS) is 22.0. The Kier molecular flexibility index (Phi) is 4.31. The van der Waals surface area contributed by atoms with E-state index < -0.39 is 0 Å². The largest absolute Gasteiger partial charge is 0.377 e. The summed E-state index contributed by atoms with van der Waals surface area (Å²) in [6.07, 6.45) is 2.58. The lowest BCUT2D eigenvalue weighted by molar-refractivity contribution is 0.128. The van der Waals surface area contributed by atoms with Gasteiger partial charge in [0.15, 0.2) is 0 Å². The van der Waals surface area contributed by atoms with Crippen LogP contribution in [0.25, 0.3) is 0 Å². The summed E-state index contributed by atoms with van der Waals surface area (Å²) >= 11 is 1.43. The maximum atomic E-state index is 4.19. The Balaban J connectivity index is 1.94. The van der Waals surface area contributed by atoms with Gasteiger partial charge in [0.25, 0.3) is 0 Å². The maximum absolute atomic E-state index is 4.19. The van der Waals surface area contributed by atoms with Gasteiger partial charge in [0.2, 0.25) is 0 Å². The van der Waals surface area contributed by atoms with Gasteiger partial charge in [-0.15, -0.1) is 5.10 Å². The van der Waals surface area contributed by atoms with Gasteiger partial charge < -0.3 is 10.2 Å². The molecule has 2 rings (SSSR count). The molecule has 5 nitrogen and oxygen atoms in total. The van der Waals surface area contributed by atoms with Crippen LogP contribution in [0.2, 0.25) is 0 Å². The lowest BCUT2D eigenvalue weighted by Crippen LogP contribution is -2.44. The van der Waals surface area contributed by atoms with Gasteiger partial charge in [-0.3, -0.25) is 4.90 Å². The minimum atomic E-state index is 0.639. The van der Waals surface area contributed by atoms with Gasteiger partial charge in [0.1, 0.15) is 10.7 Å². The third-order valence-electron chi connectivity index (χ3n) is 3.40. The molecule has 1 N–H and O–H groups in total. The first-order valence-electron chi connectivity index (χ1n) is 6.08. The van der Waals surface area contributed by atoms with Crippen molar-refractivity contribution in [3.05, 3.63) is 5.69 Å². The summed E-state index contributed by atoms with van der Waals surface area (Å²) in [7, 11) is 6.30. The summed E-state index contributed by atoms with van der Waals surface area (Å²) in [5.41, 5.74) is 1.06. The molecule has 0 amide bonds. The van der Waals surface area contributed by atoms with E-state index >= 15 is 0 Å². The van der Waals surface area contributed by atoms with Crippen LogP contribution in [0.15, 0.2) is 0 Å². The average molecular weight is 255 g/mol. The maximum Gasteiger partial charge on any atom is 0.134 e. The molecule has 0 bridgehead atoms. The van der Waals surface area contributed by atoms with Crippen molar-refractivity contribution in [2.24, 2.45) is 0 Å². The Hall–Kier alpha value is -0.720. The van der Waals surface area contributed by atoms with Crippen LogP contribution in [-0.2, 0) is 6.54 Å². The zero-order valence-electron chi connectivity index (χ0n) is 10.8. The van der Waals surface area contributed by atoms with E-state index in [-0.39, 0.29) is 0 Å². The Morgan fingerprint density at radius 1 is 1.59 bits per heavy atom. The number of aromatic nitrogens is 2. The topological polar surface area (TPSA) is 44.3 Å². The molecule has 1 fully saturated rings. The second-order valence-electron chi connectivity index (χ2n) is 4.77. The second-order valence-corrected chi connectivity index (χ2v) is 5.53. The zero-order valence-corrected chi connectivity index (χ0v) is 11.6. The summed E-state index contributed by atoms with van der Waals surface area (Å²) in [6, 6.07) is 0.639. The van der Waals surface area contributed by atoms with Crippen LogP contribution in [0.5, 0.6) is 0 Å². The number of hydrogen-bond donors (Lipinski definition) is 1. The van der Waals surface area contributed by atoms with Gasteiger partial charge >= 0.3 is 0 Å². The van der Waals surface area contributed by atoms with Crippen molar-refractivity contribution in [1.29, 1.82) is 0 Å². The van der Waals surface area contributed by atoms with Crippen LogP contribution in [-0.4, -0.2) is 59.7 Å². The molecule has 1 aliphatic heterocycles. The van der Waals surface area contributed by atoms with E-state index in [0.29, 0.717) is 6.04 Å². The zero-order chi connectivity index (χ0) is 12.3. The van der Waals surface area contributed by atoms with Crippen molar-refractivity contribution < 1.29 is 0 Å². The highest BCUT2D eigenvalue weighted by Gasteiger charge is 2.22. The molecular formula is C11H21N5S. The van der Waals surface area contributed by atoms with E-state index in [0.717, 1.165) is 23.8 Å². The number of piperidine rings is 1. The molecule has 1 saturated heterocycles. The van der Waals surface area contributed by atoms with Crippen LogP contribution >= 0.6 is 11.5 Å². The van der Waals surface area contributed by atoms with Crippen molar-refractivity contribution in [3.8, 4) is 0 Å². The standard InChI is InChI=1S/C11H21N5S/c1-12-11-10(13-14-17-11)8-16(3)9-5-4-6-15(2)7-9/h9,12H,4-8H2,1-3H3. The van der Waals surface area contributed by atoms with Gasteiger partial charge in [-0.2, -0.15) is 0 Å². The fourth-order valence-electron chi connectivity index (χ4n) is 2.37. The molecule has 0 spiro atoms. The molecule has 1 aromatic rings. The number of anilines is 1. The van der Waals surface area contributed by atoms with E-state index in [4.69, 9.17) is 0 Å². The predicted octanol–water partition coefficient (Wildman–Crippen LogP) is 1.11. The number of likely N-dealkylation sites (tertiary alicyclic amines) is 1. The lowest BCUT2D eigenvalue weighted by atomic mass is 10.1. The third-order valence-corrected chi connectivity index (χ3v) is 4.19. The minimum Gasteiger partial charge on any atom is -0.377 e. The van der Waals surface area contributed by atoms with E-state index in [1.165, 1.54) is 30.9 Å². The summed E-state index contributed by atoms with van der Waals surface area (Å²) in [5.74, 6) is 0. The van der Waals surface area contributed by atoms with Gasteiger partial charge in [-0.05, 0) is 33.5 Å².